The Labute approximate surface area is 210 Å². The van der Waals surface area contributed by atoms with Crippen LogP contribution in [0.4, 0.5) is 5.69 Å². The lowest BCUT2D eigenvalue weighted by atomic mass is 9.78. The second kappa shape index (κ2) is 9.28. The Balaban J connectivity index is 1.30. The van der Waals surface area contributed by atoms with Gasteiger partial charge in [0, 0.05) is 68.5 Å². The van der Waals surface area contributed by atoms with Crippen LogP contribution in [0.25, 0.3) is 0 Å². The van der Waals surface area contributed by atoms with Gasteiger partial charge in [-0.05, 0) is 44.7 Å². The Kier molecular flexibility index (Phi) is 5.95. The molecular weight excluding hydrogens is 456 g/mol. The lowest BCUT2D eigenvalue weighted by Crippen LogP contribution is -2.57. The summed E-state index contributed by atoms with van der Waals surface area (Å²) in [4.78, 5) is 55.4. The summed E-state index contributed by atoms with van der Waals surface area (Å²) in [5.41, 5.74) is 1.66. The molecule has 3 amide bonds. The van der Waals surface area contributed by atoms with Gasteiger partial charge < -0.3 is 15.1 Å². The van der Waals surface area contributed by atoms with E-state index in [-0.39, 0.29) is 23.8 Å². The maximum Gasteiger partial charge on any atom is 0.253 e. The van der Waals surface area contributed by atoms with E-state index in [2.05, 4.69) is 20.2 Å². The number of para-hydroxylation sites is 1. The van der Waals surface area contributed by atoms with Crippen LogP contribution < -0.4 is 10.2 Å². The van der Waals surface area contributed by atoms with Crippen LogP contribution >= 0.6 is 0 Å². The summed E-state index contributed by atoms with van der Waals surface area (Å²) in [7, 11) is 0. The van der Waals surface area contributed by atoms with Gasteiger partial charge in [0.05, 0.1) is 11.6 Å². The van der Waals surface area contributed by atoms with Crippen molar-refractivity contribution in [3.05, 3.63) is 54.1 Å². The smallest absolute Gasteiger partial charge is 0.253 e. The van der Waals surface area contributed by atoms with E-state index in [9.17, 15) is 14.4 Å². The van der Waals surface area contributed by atoms with Crippen molar-refractivity contribution in [2.45, 2.75) is 50.1 Å². The van der Waals surface area contributed by atoms with E-state index in [4.69, 9.17) is 0 Å². The Morgan fingerprint density at radius 3 is 2.83 bits per heavy atom. The summed E-state index contributed by atoms with van der Waals surface area (Å²) >= 11 is 0. The summed E-state index contributed by atoms with van der Waals surface area (Å²) < 4.78 is 0. The predicted octanol–water partition coefficient (Wildman–Crippen LogP) is 1.48. The number of carbonyl (C=O) groups excluding carboxylic acids is 3. The molecule has 1 aromatic carbocycles. The molecule has 3 fully saturated rings. The fourth-order valence-electron chi connectivity index (χ4n) is 6.82. The number of hydrogen-bond donors (Lipinski definition) is 1. The number of fused-ring (bicyclic) bond motifs is 4. The van der Waals surface area contributed by atoms with Crippen molar-refractivity contribution in [3.8, 4) is 0 Å². The largest absolute Gasteiger partial charge is 0.356 e. The van der Waals surface area contributed by atoms with E-state index in [1.807, 2.05) is 34.1 Å². The Morgan fingerprint density at radius 1 is 1.08 bits per heavy atom. The lowest BCUT2D eigenvalue weighted by molar-refractivity contribution is -0.139. The first-order chi connectivity index (χ1) is 17.6. The van der Waals surface area contributed by atoms with Crippen molar-refractivity contribution in [3.63, 3.8) is 0 Å². The zero-order chi connectivity index (χ0) is 24.7. The van der Waals surface area contributed by atoms with Gasteiger partial charge >= 0.3 is 0 Å². The van der Waals surface area contributed by atoms with Crippen molar-refractivity contribution < 1.29 is 14.4 Å². The van der Waals surface area contributed by atoms with Crippen molar-refractivity contribution in [1.82, 2.24) is 25.1 Å². The molecule has 36 heavy (non-hydrogen) atoms. The van der Waals surface area contributed by atoms with Gasteiger partial charge in [-0.3, -0.25) is 29.3 Å². The molecule has 0 unspecified atom stereocenters. The number of hydrogen-bond acceptors (Lipinski definition) is 6. The number of benzene rings is 1. The fourth-order valence-corrected chi connectivity index (χ4v) is 6.82. The average molecular weight is 489 g/mol. The summed E-state index contributed by atoms with van der Waals surface area (Å²) in [5, 5.41) is 3.11. The van der Waals surface area contributed by atoms with Crippen LogP contribution in [0.2, 0.25) is 0 Å². The minimum atomic E-state index is -0.943. The third-order valence-electron chi connectivity index (χ3n) is 8.40. The van der Waals surface area contributed by atoms with E-state index in [0.717, 1.165) is 36.3 Å². The molecule has 1 N–H and O–H groups in total. The summed E-state index contributed by atoms with van der Waals surface area (Å²) in [6.07, 6.45) is 9.24. The van der Waals surface area contributed by atoms with Crippen molar-refractivity contribution in [2.24, 2.45) is 5.92 Å². The van der Waals surface area contributed by atoms with E-state index in [1.54, 1.807) is 18.6 Å². The minimum absolute atomic E-state index is 0.0132. The minimum Gasteiger partial charge on any atom is -0.356 e. The Morgan fingerprint density at radius 2 is 1.97 bits per heavy atom. The van der Waals surface area contributed by atoms with Gasteiger partial charge in [-0.15, -0.1) is 0 Å². The third kappa shape index (κ3) is 3.59. The topological polar surface area (TPSA) is 98.7 Å². The second-order valence-corrected chi connectivity index (χ2v) is 10.2. The van der Waals surface area contributed by atoms with Gasteiger partial charge in [0.15, 0.2) is 0 Å². The summed E-state index contributed by atoms with van der Waals surface area (Å²) in [5.74, 6) is -0.432. The van der Waals surface area contributed by atoms with Gasteiger partial charge in [0.1, 0.15) is 5.54 Å². The molecule has 5 heterocycles. The first kappa shape index (κ1) is 23.1. The molecule has 188 valence electrons. The first-order valence-corrected chi connectivity index (χ1v) is 13.1. The maximum absolute atomic E-state index is 14.3. The molecule has 2 bridgehead atoms. The van der Waals surface area contributed by atoms with Crippen LogP contribution in [0.5, 0.6) is 0 Å². The number of rotatable bonds is 3. The highest BCUT2D eigenvalue weighted by Gasteiger charge is 2.67. The molecule has 2 aromatic rings. The van der Waals surface area contributed by atoms with E-state index in [1.165, 1.54) is 0 Å². The van der Waals surface area contributed by atoms with Crippen molar-refractivity contribution in [1.29, 1.82) is 0 Å². The molecule has 4 aliphatic rings. The molecule has 1 spiro atoms. The van der Waals surface area contributed by atoms with Crippen LogP contribution in [0.1, 0.15) is 43.4 Å². The zero-order valence-corrected chi connectivity index (χ0v) is 20.4. The van der Waals surface area contributed by atoms with Crippen LogP contribution in [0, 0.1) is 5.92 Å². The van der Waals surface area contributed by atoms with E-state index >= 15 is 0 Å². The van der Waals surface area contributed by atoms with Crippen LogP contribution in [-0.2, 0) is 26.3 Å². The monoisotopic (exact) mass is 488 g/mol. The number of nitrogens with zero attached hydrogens (tertiary/aromatic N) is 5. The zero-order valence-electron chi connectivity index (χ0n) is 20.4. The number of carbonyl (C=O) groups is 3. The van der Waals surface area contributed by atoms with E-state index < -0.39 is 11.5 Å². The van der Waals surface area contributed by atoms with Crippen molar-refractivity contribution >= 4 is 23.4 Å². The molecular formula is C27H32N6O3. The average Bonchev–Trinajstić information content (AvgIpc) is 3.55. The van der Waals surface area contributed by atoms with Gasteiger partial charge in [0.2, 0.25) is 11.8 Å². The summed E-state index contributed by atoms with van der Waals surface area (Å²) in [6.45, 7) is 2.73. The molecule has 4 aliphatic heterocycles. The number of anilines is 1. The number of aromatic nitrogens is 2. The van der Waals surface area contributed by atoms with Gasteiger partial charge in [-0.2, -0.15) is 0 Å². The quantitative estimate of drug-likeness (QED) is 0.703. The van der Waals surface area contributed by atoms with Gasteiger partial charge in [0.25, 0.3) is 5.91 Å². The highest BCUT2D eigenvalue weighted by atomic mass is 16.2. The van der Waals surface area contributed by atoms with Crippen molar-refractivity contribution in [2.75, 3.05) is 37.6 Å². The van der Waals surface area contributed by atoms with Gasteiger partial charge in [-0.1, -0.05) is 18.2 Å². The lowest BCUT2D eigenvalue weighted by Gasteiger charge is -2.38. The molecule has 0 aliphatic carbocycles. The highest BCUT2D eigenvalue weighted by Crippen LogP contribution is 2.56. The second-order valence-electron chi connectivity index (χ2n) is 10.2. The Bertz CT molecular complexity index is 1170. The first-order valence-electron chi connectivity index (χ1n) is 13.1. The molecule has 3 atom stereocenters. The molecule has 1 aromatic heterocycles. The number of aryl methyl sites for hydroxylation is 1. The van der Waals surface area contributed by atoms with Gasteiger partial charge in [-0.25, -0.2) is 0 Å². The van der Waals surface area contributed by atoms with Crippen LogP contribution in [0.15, 0.2) is 42.9 Å². The predicted molar refractivity (Wildman–Crippen MR) is 133 cm³/mol. The number of amides is 3. The molecule has 3 saturated heterocycles. The maximum atomic E-state index is 14.3. The fraction of sp³-hybridized carbons (Fsp3) is 0.519. The SMILES string of the molecule is O=C1NCCCN(C(=O)CCc2cnccn2)CCN2C(=O)[C@@]3(c4ccccc42)[C@@H]1C[C@@H]1CCCN13. The molecule has 0 saturated carbocycles. The molecule has 9 heteroatoms. The standard InChI is InChI=1S/C27H32N6O3/c34-24(9-8-19-18-28-11-12-29-19)31-13-4-10-30-25(35)22-17-20-5-3-14-33(20)27(22)21-6-1-2-7-23(21)32(16-15-31)26(27)36/h1-2,6-7,11-12,18,20,22H,3-5,8-10,13-17H2,(H,30,35)/t20-,22+,27+/m0/s1. The van der Waals surface area contributed by atoms with Crippen LogP contribution in [0.3, 0.4) is 0 Å². The highest BCUT2D eigenvalue weighted by molar-refractivity contribution is 6.11. The third-order valence-corrected chi connectivity index (χ3v) is 8.40. The normalized spacial score (nSPS) is 28.1. The summed E-state index contributed by atoms with van der Waals surface area (Å²) in [6, 6.07) is 8.18. The molecule has 9 nitrogen and oxygen atoms in total. The molecule has 6 rings (SSSR count). The molecule has 0 radical (unpaired) electrons. The van der Waals surface area contributed by atoms with Crippen LogP contribution in [-0.4, -0.2) is 76.3 Å². The number of nitrogens with one attached hydrogen (secondary N) is 1. The Hall–Kier alpha value is -3.33. The van der Waals surface area contributed by atoms with E-state index in [0.29, 0.717) is 51.9 Å².